The maximum atomic E-state index is 11.3. The molecule has 1 aromatic rings. The Balaban J connectivity index is 3.16. The van der Waals surface area contributed by atoms with Crippen molar-refractivity contribution in [1.82, 2.24) is 0 Å². The standard InChI is InChI=1S/C12H16O2S2/c1-4-15-9-6-5-7-10(16-8(2)3)11(9)12(13)14/h5-8H,4H2,1-3H3,(H,13,14). The number of hydrogen-bond donors (Lipinski definition) is 1. The lowest BCUT2D eigenvalue weighted by Crippen LogP contribution is -2.03. The summed E-state index contributed by atoms with van der Waals surface area (Å²) in [5.41, 5.74) is 0.452. The van der Waals surface area contributed by atoms with Gasteiger partial charge in [0.25, 0.3) is 0 Å². The summed E-state index contributed by atoms with van der Waals surface area (Å²) in [5, 5.41) is 9.65. The second kappa shape index (κ2) is 6.21. The SMILES string of the molecule is CCSc1cccc(SC(C)C)c1C(=O)O. The van der Waals surface area contributed by atoms with Crippen LogP contribution in [-0.4, -0.2) is 22.1 Å². The van der Waals surface area contributed by atoms with Gasteiger partial charge >= 0.3 is 5.97 Å². The van der Waals surface area contributed by atoms with Crippen molar-refractivity contribution in [3.05, 3.63) is 23.8 Å². The molecule has 0 unspecified atom stereocenters. The Morgan fingerprint density at radius 3 is 2.50 bits per heavy atom. The molecule has 0 bridgehead atoms. The fraction of sp³-hybridized carbons (Fsp3) is 0.417. The van der Waals surface area contributed by atoms with E-state index in [0.29, 0.717) is 10.8 Å². The first-order valence-electron chi connectivity index (χ1n) is 5.22. The van der Waals surface area contributed by atoms with Crippen molar-refractivity contribution in [3.63, 3.8) is 0 Å². The van der Waals surface area contributed by atoms with E-state index in [1.54, 1.807) is 23.5 Å². The fourth-order valence-electron chi connectivity index (χ4n) is 1.35. The van der Waals surface area contributed by atoms with Crippen molar-refractivity contribution >= 4 is 29.5 Å². The Morgan fingerprint density at radius 2 is 2.00 bits per heavy atom. The van der Waals surface area contributed by atoms with Crippen LogP contribution >= 0.6 is 23.5 Å². The predicted octanol–water partition coefficient (Wildman–Crippen LogP) is 4.00. The van der Waals surface area contributed by atoms with Crippen molar-refractivity contribution in [2.45, 2.75) is 35.8 Å². The smallest absolute Gasteiger partial charge is 0.337 e. The number of carboxylic acid groups (broad SMARTS) is 1. The van der Waals surface area contributed by atoms with Crippen LogP contribution in [0.15, 0.2) is 28.0 Å². The largest absolute Gasteiger partial charge is 0.478 e. The number of carboxylic acids is 1. The van der Waals surface area contributed by atoms with Gasteiger partial charge in [0.05, 0.1) is 5.56 Å². The number of thioether (sulfide) groups is 2. The summed E-state index contributed by atoms with van der Waals surface area (Å²) in [6.45, 7) is 6.16. The van der Waals surface area contributed by atoms with Crippen LogP contribution in [0.1, 0.15) is 31.1 Å². The molecule has 0 aliphatic carbocycles. The first kappa shape index (κ1) is 13.5. The molecule has 4 heteroatoms. The molecular formula is C12H16O2S2. The first-order valence-corrected chi connectivity index (χ1v) is 7.08. The molecule has 16 heavy (non-hydrogen) atoms. The van der Waals surface area contributed by atoms with Crippen LogP contribution < -0.4 is 0 Å². The zero-order valence-electron chi connectivity index (χ0n) is 9.69. The first-order chi connectivity index (χ1) is 7.56. The lowest BCUT2D eigenvalue weighted by Gasteiger charge is -2.11. The molecule has 0 aliphatic rings. The van der Waals surface area contributed by atoms with Crippen LogP contribution in [0.4, 0.5) is 0 Å². The topological polar surface area (TPSA) is 37.3 Å². The van der Waals surface area contributed by atoms with Gasteiger partial charge in [-0.15, -0.1) is 23.5 Å². The van der Waals surface area contributed by atoms with Crippen molar-refractivity contribution in [2.75, 3.05) is 5.75 Å². The van der Waals surface area contributed by atoms with E-state index in [2.05, 4.69) is 13.8 Å². The highest BCUT2D eigenvalue weighted by Gasteiger charge is 2.16. The van der Waals surface area contributed by atoms with E-state index in [1.165, 1.54) is 0 Å². The average Bonchev–Trinajstić information content (AvgIpc) is 2.16. The van der Waals surface area contributed by atoms with E-state index in [1.807, 2.05) is 25.1 Å². The van der Waals surface area contributed by atoms with Gasteiger partial charge < -0.3 is 5.11 Å². The van der Waals surface area contributed by atoms with Crippen molar-refractivity contribution in [1.29, 1.82) is 0 Å². The summed E-state index contributed by atoms with van der Waals surface area (Å²) < 4.78 is 0. The van der Waals surface area contributed by atoms with Gasteiger partial charge in [-0.25, -0.2) is 4.79 Å². The van der Waals surface area contributed by atoms with Crippen LogP contribution in [-0.2, 0) is 0 Å². The van der Waals surface area contributed by atoms with Crippen LogP contribution in [0.25, 0.3) is 0 Å². The number of carbonyl (C=O) groups is 1. The molecule has 0 atom stereocenters. The summed E-state index contributed by atoms with van der Waals surface area (Å²) in [7, 11) is 0. The molecule has 1 aromatic carbocycles. The van der Waals surface area contributed by atoms with E-state index in [0.717, 1.165) is 15.5 Å². The zero-order valence-corrected chi connectivity index (χ0v) is 11.3. The number of aromatic carboxylic acids is 1. The average molecular weight is 256 g/mol. The van der Waals surface area contributed by atoms with Crippen LogP contribution in [0.3, 0.4) is 0 Å². The van der Waals surface area contributed by atoms with Crippen LogP contribution in [0, 0.1) is 0 Å². The van der Waals surface area contributed by atoms with Gasteiger partial charge in [-0.1, -0.05) is 26.8 Å². The number of rotatable bonds is 5. The highest BCUT2D eigenvalue weighted by molar-refractivity contribution is 8.00. The van der Waals surface area contributed by atoms with Crippen molar-refractivity contribution in [2.24, 2.45) is 0 Å². The van der Waals surface area contributed by atoms with E-state index in [9.17, 15) is 9.90 Å². The molecule has 0 spiro atoms. The van der Waals surface area contributed by atoms with E-state index < -0.39 is 5.97 Å². The third-order valence-corrected chi connectivity index (χ3v) is 3.87. The van der Waals surface area contributed by atoms with Crippen LogP contribution in [0.2, 0.25) is 0 Å². The molecule has 0 amide bonds. The second-order valence-corrected chi connectivity index (χ2v) is 6.46. The summed E-state index contributed by atoms with van der Waals surface area (Å²) in [5.74, 6) is 0.0514. The van der Waals surface area contributed by atoms with Gasteiger partial charge in [-0.05, 0) is 17.9 Å². The quantitative estimate of drug-likeness (QED) is 0.808. The minimum absolute atomic E-state index is 0.389. The lowest BCUT2D eigenvalue weighted by molar-refractivity contribution is 0.0689. The van der Waals surface area contributed by atoms with Crippen LogP contribution in [0.5, 0.6) is 0 Å². The summed E-state index contributed by atoms with van der Waals surface area (Å²) in [6, 6.07) is 5.69. The minimum atomic E-state index is -0.834. The van der Waals surface area contributed by atoms with Gasteiger partial charge in [0.15, 0.2) is 0 Å². The van der Waals surface area contributed by atoms with Gasteiger partial charge in [-0.3, -0.25) is 0 Å². The molecule has 2 nitrogen and oxygen atoms in total. The molecular weight excluding hydrogens is 240 g/mol. The maximum absolute atomic E-state index is 11.3. The lowest BCUT2D eigenvalue weighted by atomic mass is 10.2. The molecule has 0 fully saturated rings. The maximum Gasteiger partial charge on any atom is 0.337 e. The molecule has 0 heterocycles. The van der Waals surface area contributed by atoms with Gasteiger partial charge in [0.1, 0.15) is 0 Å². The number of hydrogen-bond acceptors (Lipinski definition) is 3. The second-order valence-electron chi connectivity index (χ2n) is 3.53. The normalized spacial score (nSPS) is 10.8. The Labute approximate surface area is 105 Å². The van der Waals surface area contributed by atoms with Gasteiger partial charge in [-0.2, -0.15) is 0 Å². The number of benzene rings is 1. The molecule has 1 N–H and O–H groups in total. The molecule has 1 rings (SSSR count). The highest BCUT2D eigenvalue weighted by Crippen LogP contribution is 2.33. The van der Waals surface area contributed by atoms with E-state index in [4.69, 9.17) is 0 Å². The Bertz CT molecular complexity index is 375. The van der Waals surface area contributed by atoms with Crippen molar-refractivity contribution in [3.8, 4) is 0 Å². The Kier molecular flexibility index (Phi) is 5.22. The summed E-state index contributed by atoms with van der Waals surface area (Å²) in [4.78, 5) is 13.0. The van der Waals surface area contributed by atoms with Gasteiger partial charge in [0.2, 0.25) is 0 Å². The Hall–Kier alpha value is -0.610. The highest BCUT2D eigenvalue weighted by atomic mass is 32.2. The minimum Gasteiger partial charge on any atom is -0.478 e. The predicted molar refractivity (Wildman–Crippen MR) is 70.8 cm³/mol. The molecule has 0 aromatic heterocycles. The van der Waals surface area contributed by atoms with Crippen molar-refractivity contribution < 1.29 is 9.90 Å². The summed E-state index contributed by atoms with van der Waals surface area (Å²) >= 11 is 3.18. The third kappa shape index (κ3) is 3.46. The van der Waals surface area contributed by atoms with E-state index >= 15 is 0 Å². The summed E-state index contributed by atoms with van der Waals surface area (Å²) in [6.07, 6.45) is 0. The molecule has 0 saturated heterocycles. The molecule has 0 saturated carbocycles. The van der Waals surface area contributed by atoms with E-state index in [-0.39, 0.29) is 0 Å². The molecule has 88 valence electrons. The monoisotopic (exact) mass is 256 g/mol. The molecule has 0 aliphatic heterocycles. The van der Waals surface area contributed by atoms with Gasteiger partial charge in [0, 0.05) is 15.0 Å². The molecule has 0 radical (unpaired) electrons. The Morgan fingerprint density at radius 1 is 1.38 bits per heavy atom. The fourth-order valence-corrected chi connectivity index (χ4v) is 3.22. The zero-order chi connectivity index (χ0) is 12.1. The third-order valence-electron chi connectivity index (χ3n) is 1.86.